The highest BCUT2D eigenvalue weighted by molar-refractivity contribution is 7.98. The molecular formula is C22H24N4O2S. The summed E-state index contributed by atoms with van der Waals surface area (Å²) in [6.07, 6.45) is 3.88. The molecular weight excluding hydrogens is 384 g/mol. The number of carbonyl (C=O) groups is 1. The van der Waals surface area contributed by atoms with E-state index in [-0.39, 0.29) is 11.8 Å². The summed E-state index contributed by atoms with van der Waals surface area (Å²) in [5.41, 5.74) is 1.82. The number of para-hydroxylation sites is 1. The number of thioether (sulfide) groups is 1. The molecule has 1 saturated heterocycles. The summed E-state index contributed by atoms with van der Waals surface area (Å²) in [7, 11) is 0. The van der Waals surface area contributed by atoms with Gasteiger partial charge in [-0.05, 0) is 37.8 Å². The molecule has 7 heteroatoms. The minimum Gasteiger partial charge on any atom is -0.338 e. The third kappa shape index (κ3) is 4.86. The third-order valence-electron chi connectivity index (χ3n) is 5.10. The van der Waals surface area contributed by atoms with Gasteiger partial charge in [0.25, 0.3) is 0 Å². The van der Waals surface area contributed by atoms with Crippen LogP contribution in [0, 0.1) is 5.92 Å². The van der Waals surface area contributed by atoms with Crippen LogP contribution in [0.5, 0.6) is 0 Å². The first-order chi connectivity index (χ1) is 14.2. The predicted molar refractivity (Wildman–Crippen MR) is 115 cm³/mol. The third-order valence-corrected chi connectivity index (χ3v) is 5.90. The van der Waals surface area contributed by atoms with Gasteiger partial charge in [-0.15, -0.1) is 11.8 Å². The fourth-order valence-corrected chi connectivity index (χ4v) is 4.16. The molecule has 2 aromatic carbocycles. The summed E-state index contributed by atoms with van der Waals surface area (Å²) in [5, 5.41) is 7.19. The molecule has 0 radical (unpaired) electrons. The van der Waals surface area contributed by atoms with Crippen molar-refractivity contribution < 1.29 is 9.32 Å². The largest absolute Gasteiger partial charge is 0.338 e. The molecule has 0 spiro atoms. The molecule has 1 amide bonds. The average Bonchev–Trinajstić information content (AvgIpc) is 3.23. The zero-order valence-corrected chi connectivity index (χ0v) is 17.2. The molecule has 0 saturated carbocycles. The van der Waals surface area contributed by atoms with Crippen LogP contribution in [0.25, 0.3) is 11.4 Å². The highest BCUT2D eigenvalue weighted by Gasteiger charge is 2.27. The van der Waals surface area contributed by atoms with Crippen LogP contribution in [0.1, 0.15) is 18.7 Å². The van der Waals surface area contributed by atoms with Gasteiger partial charge in [-0.1, -0.05) is 47.6 Å². The van der Waals surface area contributed by atoms with E-state index in [4.69, 9.17) is 4.52 Å². The van der Waals surface area contributed by atoms with Crippen molar-refractivity contribution in [2.24, 2.45) is 5.92 Å². The van der Waals surface area contributed by atoms with E-state index in [1.807, 2.05) is 60.9 Å². The van der Waals surface area contributed by atoms with Gasteiger partial charge in [0.1, 0.15) is 0 Å². The van der Waals surface area contributed by atoms with E-state index in [1.165, 1.54) is 0 Å². The van der Waals surface area contributed by atoms with Crippen molar-refractivity contribution in [2.45, 2.75) is 24.3 Å². The van der Waals surface area contributed by atoms with Crippen LogP contribution in [0.15, 0.2) is 64.0 Å². The van der Waals surface area contributed by atoms with Gasteiger partial charge < -0.3 is 9.84 Å². The molecule has 1 unspecified atom stereocenters. The number of likely N-dealkylation sites (tertiary alicyclic amines) is 1. The lowest BCUT2D eigenvalue weighted by molar-refractivity contribution is -0.121. The van der Waals surface area contributed by atoms with E-state index in [9.17, 15) is 4.79 Å². The van der Waals surface area contributed by atoms with Gasteiger partial charge in [0.05, 0.1) is 18.2 Å². The van der Waals surface area contributed by atoms with Crippen molar-refractivity contribution in [3.05, 3.63) is 60.5 Å². The van der Waals surface area contributed by atoms with Crippen molar-refractivity contribution in [3.8, 4) is 11.4 Å². The number of amides is 1. The molecule has 6 nitrogen and oxygen atoms in total. The van der Waals surface area contributed by atoms with E-state index in [0.717, 1.165) is 35.5 Å². The topological polar surface area (TPSA) is 71.3 Å². The molecule has 0 aliphatic carbocycles. The normalized spacial score (nSPS) is 17.2. The lowest BCUT2D eigenvalue weighted by Gasteiger charge is -2.31. The number of benzene rings is 2. The SMILES string of the molecule is CSc1ccccc1NC(=O)C1CCCN(Cc2nc(-c3ccccc3)no2)C1. The van der Waals surface area contributed by atoms with Crippen LogP contribution in [0.2, 0.25) is 0 Å². The number of rotatable bonds is 6. The van der Waals surface area contributed by atoms with Crippen LogP contribution in [0.4, 0.5) is 5.69 Å². The summed E-state index contributed by atoms with van der Waals surface area (Å²) in [4.78, 5) is 20.6. The maximum absolute atomic E-state index is 12.8. The van der Waals surface area contributed by atoms with Gasteiger partial charge in [0.2, 0.25) is 17.6 Å². The fourth-order valence-electron chi connectivity index (χ4n) is 3.61. The molecule has 1 aliphatic heterocycles. The first-order valence-corrected chi connectivity index (χ1v) is 11.0. The van der Waals surface area contributed by atoms with Crippen LogP contribution < -0.4 is 5.32 Å². The van der Waals surface area contributed by atoms with E-state index in [1.54, 1.807) is 11.8 Å². The Hall–Kier alpha value is -2.64. The first-order valence-electron chi connectivity index (χ1n) is 9.77. The maximum Gasteiger partial charge on any atom is 0.241 e. The Kier molecular flexibility index (Phi) is 6.27. The standard InChI is InChI=1S/C22H24N4O2S/c1-29-19-12-6-5-11-18(19)23-22(27)17-10-7-13-26(14-17)15-20-24-21(25-28-20)16-8-3-2-4-9-16/h2-6,8-9,11-12,17H,7,10,13-15H2,1H3,(H,23,27). The highest BCUT2D eigenvalue weighted by Crippen LogP contribution is 2.27. The number of hydrogen-bond donors (Lipinski definition) is 1. The zero-order valence-electron chi connectivity index (χ0n) is 16.4. The number of hydrogen-bond acceptors (Lipinski definition) is 6. The van der Waals surface area contributed by atoms with Crippen LogP contribution >= 0.6 is 11.8 Å². The number of nitrogens with zero attached hydrogens (tertiary/aromatic N) is 3. The van der Waals surface area contributed by atoms with Gasteiger partial charge in [0, 0.05) is 17.0 Å². The van der Waals surface area contributed by atoms with Gasteiger partial charge in [-0.3, -0.25) is 9.69 Å². The van der Waals surface area contributed by atoms with E-state index >= 15 is 0 Å². The Balaban J connectivity index is 1.37. The Morgan fingerprint density at radius 3 is 2.83 bits per heavy atom. The molecule has 1 atom stereocenters. The Morgan fingerprint density at radius 1 is 1.21 bits per heavy atom. The molecule has 1 fully saturated rings. The number of carbonyl (C=O) groups excluding carboxylic acids is 1. The Bertz CT molecular complexity index is 960. The fraction of sp³-hybridized carbons (Fsp3) is 0.318. The predicted octanol–water partition coefficient (Wildman–Crippen LogP) is 4.31. The van der Waals surface area contributed by atoms with E-state index in [0.29, 0.717) is 24.8 Å². The molecule has 4 rings (SSSR count). The van der Waals surface area contributed by atoms with E-state index in [2.05, 4.69) is 20.4 Å². The maximum atomic E-state index is 12.8. The molecule has 29 heavy (non-hydrogen) atoms. The smallest absolute Gasteiger partial charge is 0.241 e. The minimum atomic E-state index is -0.0461. The molecule has 0 bridgehead atoms. The lowest BCUT2D eigenvalue weighted by atomic mass is 9.97. The van der Waals surface area contributed by atoms with Gasteiger partial charge in [-0.25, -0.2) is 0 Å². The second-order valence-electron chi connectivity index (χ2n) is 7.14. The summed E-state index contributed by atoms with van der Waals surface area (Å²) >= 11 is 1.63. The molecule has 1 N–H and O–H groups in total. The second kappa shape index (κ2) is 9.24. The molecule has 150 valence electrons. The molecule has 3 aromatic rings. The molecule has 2 heterocycles. The lowest BCUT2D eigenvalue weighted by Crippen LogP contribution is -2.40. The first kappa shape index (κ1) is 19.7. The highest BCUT2D eigenvalue weighted by atomic mass is 32.2. The van der Waals surface area contributed by atoms with Gasteiger partial charge >= 0.3 is 0 Å². The Labute approximate surface area is 174 Å². The summed E-state index contributed by atoms with van der Waals surface area (Å²) < 4.78 is 5.44. The van der Waals surface area contributed by atoms with Crippen molar-refractivity contribution in [1.29, 1.82) is 0 Å². The summed E-state index contributed by atoms with van der Waals surface area (Å²) in [6.45, 7) is 2.18. The quantitative estimate of drug-likeness (QED) is 0.613. The van der Waals surface area contributed by atoms with Gasteiger partial charge in [-0.2, -0.15) is 4.98 Å². The summed E-state index contributed by atoms with van der Waals surface area (Å²) in [6, 6.07) is 17.7. The van der Waals surface area contributed by atoms with Crippen LogP contribution in [-0.4, -0.2) is 40.3 Å². The minimum absolute atomic E-state index is 0.0461. The Morgan fingerprint density at radius 2 is 2.00 bits per heavy atom. The number of piperidine rings is 1. The van der Waals surface area contributed by atoms with Crippen molar-refractivity contribution in [1.82, 2.24) is 15.0 Å². The van der Waals surface area contributed by atoms with Crippen LogP contribution in [-0.2, 0) is 11.3 Å². The van der Waals surface area contributed by atoms with Crippen LogP contribution in [0.3, 0.4) is 0 Å². The number of aromatic nitrogens is 2. The average molecular weight is 409 g/mol. The van der Waals surface area contributed by atoms with Gasteiger partial charge in [0.15, 0.2) is 0 Å². The van der Waals surface area contributed by atoms with Crippen molar-refractivity contribution in [2.75, 3.05) is 24.7 Å². The van der Waals surface area contributed by atoms with E-state index < -0.39 is 0 Å². The monoisotopic (exact) mass is 408 g/mol. The van der Waals surface area contributed by atoms with Crippen molar-refractivity contribution >= 4 is 23.4 Å². The number of nitrogens with one attached hydrogen (secondary N) is 1. The molecule has 1 aromatic heterocycles. The molecule has 1 aliphatic rings. The zero-order chi connectivity index (χ0) is 20.1. The number of anilines is 1. The van der Waals surface area contributed by atoms with Crippen molar-refractivity contribution in [3.63, 3.8) is 0 Å². The second-order valence-corrected chi connectivity index (χ2v) is 7.99. The summed E-state index contributed by atoms with van der Waals surface area (Å²) in [5.74, 6) is 1.21.